The third-order valence-electron chi connectivity index (χ3n) is 5.23. The first-order valence-electron chi connectivity index (χ1n) is 10.8. The monoisotopic (exact) mass is 492 g/mol. The molecule has 7 heteroatoms. The SMILES string of the molecule is N#Cc1ccc(Oc2cccc(C(=O)O[C@H](C(=O)c3ccccc3)c3ccc(Cl)cc3)c2)cc1C#N. The topological polar surface area (TPSA) is 100 Å². The first kappa shape index (κ1) is 24.2. The standard InChI is InChI=1S/C29H17ClN2O4/c30-24-12-9-20(10-13-24)28(27(33)19-5-2-1-3-6-19)36-29(34)21-7-4-8-25(15-21)35-26-14-11-22(17-31)23(16-26)18-32/h1-16,28H/t28-/m0/s1. The van der Waals surface area contributed by atoms with Crippen molar-refractivity contribution in [1.29, 1.82) is 10.5 Å². The molecule has 0 bridgehead atoms. The predicted molar refractivity (Wildman–Crippen MR) is 133 cm³/mol. The van der Waals surface area contributed by atoms with Gasteiger partial charge in [0.15, 0.2) is 6.10 Å². The molecule has 0 heterocycles. The predicted octanol–water partition coefficient (Wildman–Crippen LogP) is 6.66. The first-order valence-corrected chi connectivity index (χ1v) is 11.1. The van der Waals surface area contributed by atoms with E-state index in [1.54, 1.807) is 78.9 Å². The molecule has 0 aliphatic heterocycles. The zero-order valence-corrected chi connectivity index (χ0v) is 19.5. The van der Waals surface area contributed by atoms with Crippen LogP contribution in [0.25, 0.3) is 0 Å². The normalized spacial score (nSPS) is 11.0. The molecule has 0 N–H and O–H groups in total. The Morgan fingerprint density at radius 1 is 0.722 bits per heavy atom. The van der Waals surface area contributed by atoms with Gasteiger partial charge in [-0.3, -0.25) is 4.79 Å². The number of Topliss-reactive ketones (excluding diaryl/α,β-unsaturated/α-hetero) is 1. The molecule has 0 saturated heterocycles. The Morgan fingerprint density at radius 3 is 2.08 bits per heavy atom. The highest BCUT2D eigenvalue weighted by molar-refractivity contribution is 6.30. The number of rotatable bonds is 7. The van der Waals surface area contributed by atoms with Gasteiger partial charge in [-0.05, 0) is 48.5 Å². The van der Waals surface area contributed by atoms with E-state index in [4.69, 9.17) is 26.3 Å². The molecule has 36 heavy (non-hydrogen) atoms. The number of hydrogen-bond donors (Lipinski definition) is 0. The molecule has 0 unspecified atom stereocenters. The quantitative estimate of drug-likeness (QED) is 0.211. The van der Waals surface area contributed by atoms with Crippen LogP contribution in [-0.4, -0.2) is 11.8 Å². The van der Waals surface area contributed by atoms with E-state index in [1.807, 2.05) is 12.1 Å². The fourth-order valence-corrected chi connectivity index (χ4v) is 3.56. The summed E-state index contributed by atoms with van der Waals surface area (Å²) in [7, 11) is 0. The number of nitrogens with zero attached hydrogens (tertiary/aromatic N) is 2. The largest absolute Gasteiger partial charge is 0.457 e. The lowest BCUT2D eigenvalue weighted by Gasteiger charge is -2.18. The molecular formula is C29H17ClN2O4. The van der Waals surface area contributed by atoms with E-state index in [0.29, 0.717) is 27.6 Å². The second-order valence-corrected chi connectivity index (χ2v) is 8.06. The van der Waals surface area contributed by atoms with Crippen molar-refractivity contribution in [3.63, 3.8) is 0 Å². The zero-order chi connectivity index (χ0) is 25.5. The third-order valence-corrected chi connectivity index (χ3v) is 5.48. The number of nitriles is 2. The van der Waals surface area contributed by atoms with Crippen LogP contribution in [0.15, 0.2) is 97.1 Å². The van der Waals surface area contributed by atoms with Crippen LogP contribution >= 0.6 is 11.6 Å². The van der Waals surface area contributed by atoms with Gasteiger partial charge in [0.1, 0.15) is 23.6 Å². The van der Waals surface area contributed by atoms with Crippen molar-refractivity contribution in [2.75, 3.05) is 0 Å². The molecule has 0 amide bonds. The van der Waals surface area contributed by atoms with Gasteiger partial charge in [0.25, 0.3) is 0 Å². The van der Waals surface area contributed by atoms with Crippen molar-refractivity contribution in [2.45, 2.75) is 6.10 Å². The third kappa shape index (κ3) is 5.59. The van der Waals surface area contributed by atoms with E-state index in [1.165, 1.54) is 18.2 Å². The number of esters is 1. The maximum atomic E-state index is 13.2. The van der Waals surface area contributed by atoms with Crippen molar-refractivity contribution >= 4 is 23.4 Å². The van der Waals surface area contributed by atoms with Gasteiger partial charge in [0.05, 0.1) is 16.7 Å². The van der Waals surface area contributed by atoms with Crippen molar-refractivity contribution in [3.05, 3.63) is 130 Å². The fraction of sp³-hybridized carbons (Fsp3) is 0.0345. The summed E-state index contributed by atoms with van der Waals surface area (Å²) in [6, 6.07) is 29.7. The molecule has 0 fully saturated rings. The van der Waals surface area contributed by atoms with Crippen LogP contribution in [0.4, 0.5) is 0 Å². The Morgan fingerprint density at radius 2 is 1.39 bits per heavy atom. The number of ketones is 1. The molecule has 4 aromatic rings. The highest BCUT2D eigenvalue weighted by Gasteiger charge is 2.27. The van der Waals surface area contributed by atoms with Crippen molar-refractivity contribution in [1.82, 2.24) is 0 Å². The molecule has 174 valence electrons. The Bertz CT molecular complexity index is 1500. The summed E-state index contributed by atoms with van der Waals surface area (Å²) in [5.74, 6) is -0.452. The van der Waals surface area contributed by atoms with Crippen LogP contribution in [0.2, 0.25) is 5.02 Å². The number of carbonyl (C=O) groups excluding carboxylic acids is 2. The molecule has 0 aromatic heterocycles. The second-order valence-electron chi connectivity index (χ2n) is 7.63. The molecule has 4 rings (SSSR count). The number of halogens is 1. The molecule has 6 nitrogen and oxygen atoms in total. The lowest BCUT2D eigenvalue weighted by molar-refractivity contribution is 0.0280. The van der Waals surface area contributed by atoms with Crippen LogP contribution in [0.1, 0.15) is 43.5 Å². The minimum atomic E-state index is -1.18. The minimum absolute atomic E-state index is 0.168. The lowest BCUT2D eigenvalue weighted by Crippen LogP contribution is -2.20. The molecule has 0 radical (unpaired) electrons. The number of ether oxygens (including phenoxy) is 2. The average Bonchev–Trinajstić information content (AvgIpc) is 2.92. The van der Waals surface area contributed by atoms with E-state index >= 15 is 0 Å². The van der Waals surface area contributed by atoms with Crippen LogP contribution in [0.5, 0.6) is 11.5 Å². The lowest BCUT2D eigenvalue weighted by atomic mass is 9.99. The summed E-state index contributed by atoms with van der Waals surface area (Å²) in [6.07, 6.45) is -1.18. The fourth-order valence-electron chi connectivity index (χ4n) is 3.44. The van der Waals surface area contributed by atoms with Gasteiger partial charge < -0.3 is 9.47 Å². The summed E-state index contributed by atoms with van der Waals surface area (Å²) in [5.41, 5.74) is 1.46. The van der Waals surface area contributed by atoms with Crippen molar-refractivity contribution < 1.29 is 19.1 Å². The molecule has 0 aliphatic rings. The molecule has 4 aromatic carbocycles. The van der Waals surface area contributed by atoms with Gasteiger partial charge in [-0.2, -0.15) is 10.5 Å². The van der Waals surface area contributed by atoms with E-state index in [0.717, 1.165) is 0 Å². The Labute approximate surface area is 212 Å². The van der Waals surface area contributed by atoms with E-state index < -0.39 is 12.1 Å². The molecule has 0 spiro atoms. The summed E-state index contributed by atoms with van der Waals surface area (Å²) in [5, 5.41) is 18.8. The van der Waals surface area contributed by atoms with Crippen LogP contribution in [0, 0.1) is 22.7 Å². The molecule has 1 atom stereocenters. The summed E-state index contributed by atoms with van der Waals surface area (Å²) >= 11 is 5.99. The minimum Gasteiger partial charge on any atom is -0.457 e. The summed E-state index contributed by atoms with van der Waals surface area (Å²) < 4.78 is 11.5. The number of carbonyl (C=O) groups is 2. The molecular weight excluding hydrogens is 476 g/mol. The molecule has 0 saturated carbocycles. The maximum Gasteiger partial charge on any atom is 0.339 e. The highest BCUT2D eigenvalue weighted by Crippen LogP contribution is 2.28. The Balaban J connectivity index is 1.59. The van der Waals surface area contributed by atoms with E-state index in [2.05, 4.69) is 0 Å². The van der Waals surface area contributed by atoms with Crippen LogP contribution < -0.4 is 4.74 Å². The highest BCUT2D eigenvalue weighted by atomic mass is 35.5. The summed E-state index contributed by atoms with van der Waals surface area (Å²) in [4.78, 5) is 26.3. The van der Waals surface area contributed by atoms with E-state index in [9.17, 15) is 14.9 Å². The van der Waals surface area contributed by atoms with Gasteiger partial charge in [0.2, 0.25) is 5.78 Å². The average molecular weight is 493 g/mol. The van der Waals surface area contributed by atoms with Crippen molar-refractivity contribution in [2.24, 2.45) is 0 Å². The van der Waals surface area contributed by atoms with Gasteiger partial charge in [-0.15, -0.1) is 0 Å². The van der Waals surface area contributed by atoms with E-state index in [-0.39, 0.29) is 22.5 Å². The molecule has 0 aliphatic carbocycles. The van der Waals surface area contributed by atoms with Crippen LogP contribution in [-0.2, 0) is 4.74 Å². The maximum absolute atomic E-state index is 13.2. The number of hydrogen-bond acceptors (Lipinski definition) is 6. The Kier molecular flexibility index (Phi) is 7.41. The van der Waals surface area contributed by atoms with Gasteiger partial charge >= 0.3 is 5.97 Å². The van der Waals surface area contributed by atoms with Crippen molar-refractivity contribution in [3.8, 4) is 23.6 Å². The Hall–Kier alpha value is -4.91. The number of benzene rings is 4. The zero-order valence-electron chi connectivity index (χ0n) is 18.7. The van der Waals surface area contributed by atoms with Gasteiger partial charge in [0, 0.05) is 16.1 Å². The van der Waals surface area contributed by atoms with Crippen LogP contribution in [0.3, 0.4) is 0 Å². The second kappa shape index (κ2) is 11.0. The smallest absolute Gasteiger partial charge is 0.339 e. The van der Waals surface area contributed by atoms with Gasteiger partial charge in [-0.25, -0.2) is 4.79 Å². The van der Waals surface area contributed by atoms with Gasteiger partial charge in [-0.1, -0.05) is 60.1 Å². The first-order chi connectivity index (χ1) is 17.5. The summed E-state index contributed by atoms with van der Waals surface area (Å²) in [6.45, 7) is 0.